The first kappa shape index (κ1) is 63.8. The number of nitrogens with one attached hydrogen (secondary N) is 8. The number of ketones is 3. The van der Waals surface area contributed by atoms with E-state index < -0.39 is 139 Å². The fourth-order valence-electron chi connectivity index (χ4n) is 9.80. The van der Waals surface area contributed by atoms with Crippen LogP contribution in [-0.2, 0) is 75.1 Å². The van der Waals surface area contributed by atoms with E-state index >= 15 is 0 Å². The quantitative estimate of drug-likeness (QED) is 0.0638. The van der Waals surface area contributed by atoms with Crippen LogP contribution in [0.4, 0.5) is 0 Å². The molecule has 3 aliphatic heterocycles. The highest BCUT2D eigenvalue weighted by Gasteiger charge is 2.44. The molecule has 25 heteroatoms. The van der Waals surface area contributed by atoms with Crippen molar-refractivity contribution in [2.24, 2.45) is 29.4 Å². The van der Waals surface area contributed by atoms with Crippen LogP contribution in [0.3, 0.4) is 0 Å². The molecular formula is C55H78N10O14S. The Balaban J connectivity index is 1.52. The van der Waals surface area contributed by atoms with Crippen molar-refractivity contribution in [3.8, 4) is 0 Å². The number of benzene rings is 1. The number of Topliss-reactive ketones (excluding diaryl/α,β-unsaturated/α-hetero) is 3. The lowest BCUT2D eigenvalue weighted by molar-refractivity contribution is -0.145. The zero-order valence-corrected chi connectivity index (χ0v) is 47.0. The van der Waals surface area contributed by atoms with E-state index in [1.54, 1.807) is 58.9 Å². The van der Waals surface area contributed by atoms with Crippen LogP contribution < -0.4 is 43.0 Å². The summed E-state index contributed by atoms with van der Waals surface area (Å²) in [6, 6.07) is 0.120. The molecule has 11 N–H and O–H groups in total. The number of primary amides is 1. The molecule has 0 saturated carbocycles. The third kappa shape index (κ3) is 18.8. The Kier molecular flexibility index (Phi) is 24.8. The van der Waals surface area contributed by atoms with Crippen molar-refractivity contribution in [2.75, 3.05) is 51.7 Å². The van der Waals surface area contributed by atoms with Gasteiger partial charge in [-0.1, -0.05) is 52.7 Å². The van der Waals surface area contributed by atoms with E-state index in [9.17, 15) is 62.6 Å². The maximum Gasteiger partial charge on any atom is 0.243 e. The van der Waals surface area contributed by atoms with Gasteiger partial charge in [0.2, 0.25) is 53.2 Å². The number of H-pyrrole nitrogens is 1. The minimum absolute atomic E-state index is 0.0133. The van der Waals surface area contributed by atoms with Gasteiger partial charge in [-0.2, -0.15) is 0 Å². The fourth-order valence-corrected chi connectivity index (χ4v) is 11.0. The van der Waals surface area contributed by atoms with Crippen LogP contribution in [0, 0.1) is 23.7 Å². The molecule has 1 aromatic heterocycles. The topological polar surface area (TPSA) is 364 Å². The molecule has 0 aliphatic carbocycles. The lowest BCUT2D eigenvalue weighted by Gasteiger charge is -2.31. The second-order valence-corrected chi connectivity index (χ2v) is 21.8. The monoisotopic (exact) mass is 1130 g/mol. The number of amides is 9. The van der Waals surface area contributed by atoms with E-state index in [4.69, 9.17) is 10.5 Å². The van der Waals surface area contributed by atoms with Crippen LogP contribution in [0.2, 0.25) is 0 Å². The standard InChI is InChI=1S/C55H78N10O14S/c1-6-10-45(71)58-16-18-79-17-14-46(72)57-15-9-11-35(66)19-32-12-13-39-37(20-32)38-21-33-22-43(69)49(30(4)7-2)64-52(76)41-25-36(67)28-65(41)55(78)34(24-44(56)70)23-42(68)40(29-80-54(38)62-39)61-47(73)26-60-53(77)50(31(5)8-3)63-48(74)27-59-51(33)75/h6,10,12-13,20,30-31,33-34,36,40-41,49-50,62,67H,7-9,11,14-19,21-29H2,1-5H3,(H2,56,70)(H,57,72)(H,58,71)(H,59,75)(H,60,77)(H,61,73)(H,63,74)(H,64,76)/t30?,31-,33+,34-,36+,40-,41-,49-,50-/m0/s1. The Bertz CT molecular complexity index is 2660. The van der Waals surface area contributed by atoms with Gasteiger partial charge >= 0.3 is 0 Å². The summed E-state index contributed by atoms with van der Waals surface area (Å²) in [5.74, 6) is -11.4. The van der Waals surface area contributed by atoms with Crippen LogP contribution in [0.25, 0.3) is 10.9 Å². The molecule has 4 heterocycles. The number of carbonyl (C=O) groups excluding carboxylic acids is 12. The number of hydrogen-bond acceptors (Lipinski definition) is 15. The molecule has 3 aliphatic rings. The molecule has 2 aromatic rings. The zero-order chi connectivity index (χ0) is 58.6. The summed E-state index contributed by atoms with van der Waals surface area (Å²) in [7, 11) is 0. The second-order valence-electron chi connectivity index (χ2n) is 20.8. The van der Waals surface area contributed by atoms with Gasteiger partial charge in [0, 0.05) is 87.2 Å². The summed E-state index contributed by atoms with van der Waals surface area (Å²) in [6.07, 6.45) is 0.985. The molecule has 80 heavy (non-hydrogen) atoms. The summed E-state index contributed by atoms with van der Waals surface area (Å²) in [6.45, 7) is 8.07. The predicted octanol–water partition coefficient (Wildman–Crippen LogP) is -0.296. The Morgan fingerprint density at radius 3 is 2.24 bits per heavy atom. The molecule has 9 atom stereocenters. The number of ether oxygens (including phenoxy) is 1. The number of aliphatic hydroxyl groups is 1. The summed E-state index contributed by atoms with van der Waals surface area (Å²) in [5, 5.41) is 30.5. The van der Waals surface area contributed by atoms with Crippen LogP contribution in [0.1, 0.15) is 104 Å². The van der Waals surface area contributed by atoms with E-state index in [1.165, 1.54) is 6.08 Å². The summed E-state index contributed by atoms with van der Waals surface area (Å²) in [4.78, 5) is 168. The normalized spacial score (nSPS) is 23.9. The van der Waals surface area contributed by atoms with Crippen LogP contribution >= 0.6 is 11.8 Å². The third-order valence-corrected chi connectivity index (χ3v) is 15.8. The van der Waals surface area contributed by atoms with Crippen molar-refractivity contribution in [3.05, 3.63) is 41.5 Å². The predicted molar refractivity (Wildman–Crippen MR) is 294 cm³/mol. The van der Waals surface area contributed by atoms with Crippen molar-refractivity contribution >= 4 is 93.2 Å². The van der Waals surface area contributed by atoms with E-state index in [-0.39, 0.29) is 81.8 Å². The highest BCUT2D eigenvalue weighted by molar-refractivity contribution is 7.99. The maximum atomic E-state index is 14.8. The van der Waals surface area contributed by atoms with Gasteiger partial charge in [0.05, 0.1) is 55.4 Å². The molecule has 24 nitrogen and oxygen atoms in total. The highest BCUT2D eigenvalue weighted by atomic mass is 32.2. The number of carbonyl (C=O) groups is 12. The highest BCUT2D eigenvalue weighted by Crippen LogP contribution is 2.35. The fraction of sp³-hybridized carbons (Fsp3) is 0.600. The van der Waals surface area contributed by atoms with E-state index in [2.05, 4.69) is 42.2 Å². The number of hydrogen-bond donors (Lipinski definition) is 10. The molecule has 0 radical (unpaired) electrons. The number of aromatic nitrogens is 1. The van der Waals surface area contributed by atoms with Gasteiger partial charge in [0.25, 0.3) is 0 Å². The molecule has 1 saturated heterocycles. The molecule has 1 aromatic carbocycles. The van der Waals surface area contributed by atoms with Crippen molar-refractivity contribution in [1.82, 2.24) is 47.1 Å². The van der Waals surface area contributed by atoms with Gasteiger partial charge in [-0.25, -0.2) is 0 Å². The molecule has 438 valence electrons. The molecule has 1 unspecified atom stereocenters. The van der Waals surface area contributed by atoms with Crippen LogP contribution in [-0.4, -0.2) is 167 Å². The van der Waals surface area contributed by atoms with Crippen LogP contribution in [0.15, 0.2) is 35.4 Å². The average molecular weight is 1140 g/mol. The first-order chi connectivity index (χ1) is 38.1. The van der Waals surface area contributed by atoms with Gasteiger partial charge in [-0.3, -0.25) is 57.5 Å². The smallest absolute Gasteiger partial charge is 0.243 e. The summed E-state index contributed by atoms with van der Waals surface area (Å²) >= 11 is 1.07. The average Bonchev–Trinajstić information content (AvgIpc) is 4.04. The van der Waals surface area contributed by atoms with Gasteiger partial charge < -0.3 is 62.7 Å². The van der Waals surface area contributed by atoms with Crippen LogP contribution in [0.5, 0.6) is 0 Å². The Morgan fingerprint density at radius 2 is 1.54 bits per heavy atom. The molecule has 2 bridgehead atoms. The lowest BCUT2D eigenvalue weighted by Crippen LogP contribution is -2.55. The van der Waals surface area contributed by atoms with Gasteiger partial charge in [0.15, 0.2) is 11.6 Å². The molecular weight excluding hydrogens is 1060 g/mol. The summed E-state index contributed by atoms with van der Waals surface area (Å²) in [5.41, 5.74) is 7.24. The van der Waals surface area contributed by atoms with E-state index in [0.29, 0.717) is 52.9 Å². The number of rotatable bonds is 19. The van der Waals surface area contributed by atoms with Crippen molar-refractivity contribution < 1.29 is 67.4 Å². The summed E-state index contributed by atoms with van der Waals surface area (Å²) < 4.78 is 5.42. The van der Waals surface area contributed by atoms with E-state index in [0.717, 1.165) is 16.7 Å². The van der Waals surface area contributed by atoms with Crippen molar-refractivity contribution in [2.45, 2.75) is 141 Å². The minimum Gasteiger partial charge on any atom is -0.391 e. The first-order valence-corrected chi connectivity index (χ1v) is 28.4. The second kappa shape index (κ2) is 31.1. The Morgan fingerprint density at radius 1 is 0.838 bits per heavy atom. The molecule has 5 rings (SSSR count). The number of fused-ring (bicyclic) bond motifs is 5. The minimum atomic E-state index is -1.45. The molecule has 0 spiro atoms. The third-order valence-electron chi connectivity index (χ3n) is 14.6. The number of allylic oxidation sites excluding steroid dienone is 1. The van der Waals surface area contributed by atoms with E-state index in [1.807, 2.05) is 0 Å². The van der Waals surface area contributed by atoms with Crippen molar-refractivity contribution in [1.29, 1.82) is 0 Å². The number of nitrogens with zero attached hydrogens (tertiary/aromatic N) is 1. The molecule has 9 amide bonds. The first-order valence-electron chi connectivity index (χ1n) is 27.4. The molecule has 1 fully saturated rings. The van der Waals surface area contributed by atoms with Gasteiger partial charge in [0.1, 0.15) is 17.9 Å². The maximum absolute atomic E-state index is 14.8. The zero-order valence-electron chi connectivity index (χ0n) is 46.2. The largest absolute Gasteiger partial charge is 0.391 e. The van der Waals surface area contributed by atoms with Gasteiger partial charge in [-0.15, -0.1) is 11.8 Å². The lowest BCUT2D eigenvalue weighted by atomic mass is 9.86. The Labute approximate surface area is 469 Å². The number of aliphatic hydroxyl groups excluding tert-OH is 1. The number of thioether (sulfide) groups is 1. The number of aromatic amines is 1. The Hall–Kier alpha value is -6.99. The SMILES string of the molecule is CC=CC(=O)NCCOCCC(=O)NCCCC(=O)Cc1ccc2[nH]c3c(c2c1)C[C@@H]1CC(=O)[C@H](C(C)CC)NC(=O)[C@@H]2C[C@@H](O)CN2C(=O)[C@H](CC(N)=O)CC(=O)[C@H](CS3)NC(=O)CNC(=O)[C@H]([C@@H](C)CC)NC(=O)CNC1=O. The van der Waals surface area contributed by atoms with Crippen molar-refractivity contribution in [3.63, 3.8) is 0 Å². The number of nitrogens with two attached hydrogens (primary N) is 1. The van der Waals surface area contributed by atoms with Gasteiger partial charge in [-0.05, 0) is 60.9 Å².